The van der Waals surface area contributed by atoms with Crippen LogP contribution in [0.3, 0.4) is 0 Å². The molecule has 194 valence electrons. The number of halogens is 3. The molecule has 1 amide bonds. The van der Waals surface area contributed by atoms with Crippen LogP contribution in [0.1, 0.15) is 41.4 Å². The van der Waals surface area contributed by atoms with E-state index in [-0.39, 0.29) is 18.3 Å². The van der Waals surface area contributed by atoms with Crippen molar-refractivity contribution < 1.29 is 27.5 Å². The lowest BCUT2D eigenvalue weighted by Crippen LogP contribution is -2.49. The summed E-state index contributed by atoms with van der Waals surface area (Å²) in [6.45, 7) is 10.9. The molecule has 1 saturated heterocycles. The summed E-state index contributed by atoms with van der Waals surface area (Å²) in [5, 5.41) is 12.9. The fraction of sp³-hybridized carbons (Fsp3) is 0.583. The fourth-order valence-electron chi connectivity index (χ4n) is 4.08. The highest BCUT2D eigenvalue weighted by Crippen LogP contribution is 2.29. The summed E-state index contributed by atoms with van der Waals surface area (Å²) in [6.07, 6.45) is -3.56. The Morgan fingerprint density at radius 2 is 1.89 bits per heavy atom. The molecule has 1 aliphatic heterocycles. The first kappa shape index (κ1) is 27.1. The Bertz CT molecular complexity index is 940. The maximum atomic E-state index is 12.8. The van der Waals surface area contributed by atoms with E-state index >= 15 is 0 Å². The third kappa shape index (κ3) is 8.31. The second kappa shape index (κ2) is 12.5. The standard InChI is InChI=1S/C24H34F3N5O3/c1-3-30(4-2)14-20(33)15-31-8-10-32(11-9-31)16-22-29-21(17-35-22)23(34)28-13-18-6-5-7-19(12-18)24(25,26)27/h5-7,12,17,20,33H,3-4,8-11,13-16H2,1-2H3,(H,28,34). The van der Waals surface area contributed by atoms with Crippen LogP contribution in [-0.2, 0) is 19.3 Å². The van der Waals surface area contributed by atoms with Crippen LogP contribution in [0.5, 0.6) is 0 Å². The van der Waals surface area contributed by atoms with Gasteiger partial charge in [0.1, 0.15) is 6.26 Å². The van der Waals surface area contributed by atoms with Crippen molar-refractivity contribution in [2.24, 2.45) is 0 Å². The van der Waals surface area contributed by atoms with Crippen molar-refractivity contribution in [2.45, 2.75) is 39.2 Å². The molecule has 3 rings (SSSR count). The molecule has 1 atom stereocenters. The van der Waals surface area contributed by atoms with Crippen LogP contribution in [0.15, 0.2) is 34.9 Å². The molecule has 1 unspecified atom stereocenters. The number of alkyl halides is 3. The maximum Gasteiger partial charge on any atom is 0.416 e. The van der Waals surface area contributed by atoms with Gasteiger partial charge in [-0.2, -0.15) is 13.2 Å². The smallest absolute Gasteiger partial charge is 0.416 e. The molecule has 2 heterocycles. The van der Waals surface area contributed by atoms with Crippen molar-refractivity contribution >= 4 is 5.91 Å². The SMILES string of the molecule is CCN(CC)CC(O)CN1CCN(Cc2nc(C(=O)NCc3cccc(C(F)(F)F)c3)co2)CC1. The molecule has 1 fully saturated rings. The molecule has 2 aromatic rings. The van der Waals surface area contributed by atoms with Crippen molar-refractivity contribution in [3.63, 3.8) is 0 Å². The predicted octanol–water partition coefficient (Wildman–Crippen LogP) is 2.44. The number of hydrogen-bond acceptors (Lipinski definition) is 7. The number of rotatable bonds is 11. The molecule has 8 nitrogen and oxygen atoms in total. The van der Waals surface area contributed by atoms with E-state index in [1.54, 1.807) is 0 Å². The lowest BCUT2D eigenvalue weighted by molar-refractivity contribution is -0.137. The quantitative estimate of drug-likeness (QED) is 0.493. The normalized spacial score (nSPS) is 16.5. The number of piperazine rings is 1. The first-order chi connectivity index (χ1) is 16.7. The zero-order valence-corrected chi connectivity index (χ0v) is 20.2. The van der Waals surface area contributed by atoms with Gasteiger partial charge in [-0.25, -0.2) is 4.98 Å². The van der Waals surface area contributed by atoms with Gasteiger partial charge in [-0.05, 0) is 30.8 Å². The summed E-state index contributed by atoms with van der Waals surface area (Å²) in [5.74, 6) is -0.103. The number of benzene rings is 1. The summed E-state index contributed by atoms with van der Waals surface area (Å²) >= 11 is 0. The minimum absolute atomic E-state index is 0.0486. The number of likely N-dealkylation sites (N-methyl/N-ethyl adjacent to an activating group) is 1. The Morgan fingerprint density at radius 3 is 2.54 bits per heavy atom. The predicted molar refractivity (Wildman–Crippen MR) is 125 cm³/mol. The number of carbonyl (C=O) groups excluding carboxylic acids is 1. The monoisotopic (exact) mass is 497 g/mol. The zero-order valence-electron chi connectivity index (χ0n) is 20.2. The number of aliphatic hydroxyl groups excluding tert-OH is 1. The molecular weight excluding hydrogens is 463 g/mol. The molecular formula is C24H34F3N5O3. The van der Waals surface area contributed by atoms with Gasteiger partial charge in [-0.1, -0.05) is 26.0 Å². The summed E-state index contributed by atoms with van der Waals surface area (Å²) in [7, 11) is 0. The number of carbonyl (C=O) groups is 1. The maximum absolute atomic E-state index is 12.8. The van der Waals surface area contributed by atoms with Gasteiger partial charge in [0.05, 0.1) is 18.2 Å². The van der Waals surface area contributed by atoms with Crippen molar-refractivity contribution in [2.75, 3.05) is 52.4 Å². The Kier molecular flexibility index (Phi) is 9.67. The van der Waals surface area contributed by atoms with Crippen LogP contribution in [0, 0.1) is 0 Å². The van der Waals surface area contributed by atoms with Crippen LogP contribution in [-0.4, -0.2) is 89.2 Å². The third-order valence-corrected chi connectivity index (χ3v) is 6.15. The van der Waals surface area contributed by atoms with E-state index in [1.165, 1.54) is 18.4 Å². The third-order valence-electron chi connectivity index (χ3n) is 6.15. The summed E-state index contributed by atoms with van der Waals surface area (Å²) in [5.41, 5.74) is -0.325. The van der Waals surface area contributed by atoms with Crippen LogP contribution in [0.25, 0.3) is 0 Å². The number of aromatic nitrogens is 1. The topological polar surface area (TPSA) is 85.1 Å². The average Bonchev–Trinajstić information content (AvgIpc) is 3.30. The van der Waals surface area contributed by atoms with Gasteiger partial charge in [-0.3, -0.25) is 14.6 Å². The second-order valence-electron chi connectivity index (χ2n) is 8.72. The molecule has 1 aliphatic rings. The van der Waals surface area contributed by atoms with E-state index in [1.807, 2.05) is 0 Å². The van der Waals surface area contributed by atoms with Crippen LogP contribution < -0.4 is 5.32 Å². The van der Waals surface area contributed by atoms with E-state index < -0.39 is 17.6 Å². The molecule has 35 heavy (non-hydrogen) atoms. The number of hydrogen-bond donors (Lipinski definition) is 2. The summed E-state index contributed by atoms with van der Waals surface area (Å²) in [6, 6.07) is 4.83. The molecule has 11 heteroatoms. The minimum Gasteiger partial charge on any atom is -0.447 e. The molecule has 0 saturated carbocycles. The van der Waals surface area contributed by atoms with Crippen LogP contribution in [0.4, 0.5) is 13.2 Å². The number of β-amino-alcohol motifs (C(OH)–C–C–N with tert-alkyl or cyclic N) is 1. The first-order valence-electron chi connectivity index (χ1n) is 11.9. The Hall–Kier alpha value is -2.47. The molecule has 0 radical (unpaired) electrons. The van der Waals surface area contributed by atoms with Gasteiger partial charge >= 0.3 is 6.18 Å². The van der Waals surface area contributed by atoms with Crippen LogP contribution >= 0.6 is 0 Å². The zero-order chi connectivity index (χ0) is 25.4. The summed E-state index contributed by atoms with van der Waals surface area (Å²) < 4.78 is 44.0. The molecule has 0 bridgehead atoms. The van der Waals surface area contributed by atoms with Gasteiger partial charge in [0.15, 0.2) is 5.69 Å². The fourth-order valence-corrected chi connectivity index (χ4v) is 4.08. The van der Waals surface area contributed by atoms with Crippen molar-refractivity contribution in [1.82, 2.24) is 25.0 Å². The number of oxazole rings is 1. The molecule has 2 N–H and O–H groups in total. The van der Waals surface area contributed by atoms with Gasteiger partial charge in [0.25, 0.3) is 5.91 Å². The van der Waals surface area contributed by atoms with E-state index in [4.69, 9.17) is 4.42 Å². The highest BCUT2D eigenvalue weighted by Gasteiger charge is 2.30. The lowest BCUT2D eigenvalue weighted by Gasteiger charge is -2.35. The number of aliphatic hydroxyl groups is 1. The molecule has 0 aliphatic carbocycles. The Balaban J connectivity index is 1.42. The highest BCUT2D eigenvalue weighted by atomic mass is 19.4. The second-order valence-corrected chi connectivity index (χ2v) is 8.72. The Labute approximate surface area is 203 Å². The largest absolute Gasteiger partial charge is 0.447 e. The van der Waals surface area contributed by atoms with Crippen molar-refractivity contribution in [1.29, 1.82) is 0 Å². The van der Waals surface area contributed by atoms with E-state index in [0.717, 1.165) is 51.4 Å². The number of amides is 1. The van der Waals surface area contributed by atoms with Gasteiger partial charge in [0, 0.05) is 45.8 Å². The highest BCUT2D eigenvalue weighted by molar-refractivity contribution is 5.91. The lowest BCUT2D eigenvalue weighted by atomic mass is 10.1. The summed E-state index contributed by atoms with van der Waals surface area (Å²) in [4.78, 5) is 23.2. The van der Waals surface area contributed by atoms with Crippen LogP contribution in [0.2, 0.25) is 0 Å². The average molecular weight is 498 g/mol. The minimum atomic E-state index is -4.43. The molecule has 1 aromatic heterocycles. The van der Waals surface area contributed by atoms with E-state index in [2.05, 4.69) is 38.8 Å². The van der Waals surface area contributed by atoms with Gasteiger partial charge < -0.3 is 19.7 Å². The van der Waals surface area contributed by atoms with E-state index in [9.17, 15) is 23.1 Å². The Morgan fingerprint density at radius 1 is 1.20 bits per heavy atom. The van der Waals surface area contributed by atoms with Crippen molar-refractivity contribution in [3.8, 4) is 0 Å². The van der Waals surface area contributed by atoms with Gasteiger partial charge in [0.2, 0.25) is 5.89 Å². The number of nitrogens with one attached hydrogen (secondary N) is 1. The van der Waals surface area contributed by atoms with E-state index in [0.29, 0.717) is 31.1 Å². The van der Waals surface area contributed by atoms with Crippen molar-refractivity contribution in [3.05, 3.63) is 53.2 Å². The first-order valence-corrected chi connectivity index (χ1v) is 11.9. The molecule has 0 spiro atoms. The number of nitrogens with zero attached hydrogens (tertiary/aromatic N) is 4. The molecule has 1 aromatic carbocycles. The van der Waals surface area contributed by atoms with Gasteiger partial charge in [-0.15, -0.1) is 0 Å².